The molecule has 0 saturated carbocycles. The Kier molecular flexibility index (Phi) is 6.53. The normalized spacial score (nSPS) is 16.2. The highest BCUT2D eigenvalue weighted by Crippen LogP contribution is 2.30. The Morgan fingerprint density at radius 1 is 1.04 bits per heavy atom. The van der Waals surface area contributed by atoms with Crippen LogP contribution in [-0.2, 0) is 17.5 Å². The van der Waals surface area contributed by atoms with E-state index >= 15 is 0 Å². The summed E-state index contributed by atoms with van der Waals surface area (Å²) in [6.45, 7) is 2.05. The third-order valence-corrected chi connectivity index (χ3v) is 5.59. The van der Waals surface area contributed by atoms with Gasteiger partial charge in [0.2, 0.25) is 5.91 Å². The number of anilines is 1. The number of rotatable bonds is 4. The van der Waals surface area contributed by atoms with E-state index in [0.717, 1.165) is 17.7 Å². The van der Waals surface area contributed by atoms with Gasteiger partial charge in [-0.3, -0.25) is 9.69 Å². The molecule has 1 amide bonds. The lowest BCUT2D eigenvalue weighted by Crippen LogP contribution is -2.37. The SMILES string of the molecule is O=C(Nc1ccc(C(F)(F)F)cc1)C1CCN(Cc2c(Cl)cccc2Cl)CC1. The Balaban J connectivity index is 1.52. The van der Waals surface area contributed by atoms with Crippen LogP contribution in [0.1, 0.15) is 24.0 Å². The van der Waals surface area contributed by atoms with Gasteiger partial charge >= 0.3 is 6.18 Å². The predicted octanol–water partition coefficient (Wildman–Crippen LogP) is 5.86. The van der Waals surface area contributed by atoms with E-state index in [-0.39, 0.29) is 11.8 Å². The minimum Gasteiger partial charge on any atom is -0.326 e. The predicted molar refractivity (Wildman–Crippen MR) is 105 cm³/mol. The number of carbonyl (C=O) groups is 1. The second-order valence-corrected chi connectivity index (χ2v) is 7.63. The molecule has 1 heterocycles. The zero-order chi connectivity index (χ0) is 20.3. The van der Waals surface area contributed by atoms with Crippen LogP contribution in [0.5, 0.6) is 0 Å². The molecule has 0 bridgehead atoms. The molecule has 1 fully saturated rings. The third-order valence-electron chi connectivity index (χ3n) is 4.88. The fourth-order valence-corrected chi connectivity index (χ4v) is 3.76. The lowest BCUT2D eigenvalue weighted by atomic mass is 9.95. The van der Waals surface area contributed by atoms with Crippen molar-refractivity contribution in [3.8, 4) is 0 Å². The summed E-state index contributed by atoms with van der Waals surface area (Å²) in [5, 5.41) is 3.95. The van der Waals surface area contributed by atoms with E-state index in [1.807, 2.05) is 0 Å². The van der Waals surface area contributed by atoms with Gasteiger partial charge in [-0.2, -0.15) is 13.2 Å². The van der Waals surface area contributed by atoms with Gasteiger partial charge in [0, 0.05) is 33.8 Å². The van der Waals surface area contributed by atoms with Crippen molar-refractivity contribution in [1.29, 1.82) is 0 Å². The fourth-order valence-electron chi connectivity index (χ4n) is 3.25. The maximum Gasteiger partial charge on any atom is 0.416 e. The van der Waals surface area contributed by atoms with Crippen LogP contribution in [0, 0.1) is 5.92 Å². The molecule has 0 unspecified atom stereocenters. The minimum absolute atomic E-state index is 0.171. The summed E-state index contributed by atoms with van der Waals surface area (Å²) in [4.78, 5) is 14.6. The van der Waals surface area contributed by atoms with Gasteiger partial charge in [0.1, 0.15) is 0 Å². The Hall–Kier alpha value is -1.76. The zero-order valence-electron chi connectivity index (χ0n) is 14.9. The van der Waals surface area contributed by atoms with E-state index in [2.05, 4.69) is 10.2 Å². The molecule has 1 aliphatic heterocycles. The van der Waals surface area contributed by atoms with Gasteiger partial charge in [-0.05, 0) is 62.3 Å². The van der Waals surface area contributed by atoms with Gasteiger partial charge in [0.05, 0.1) is 5.56 Å². The molecular weight excluding hydrogens is 412 g/mol. The molecule has 0 aromatic heterocycles. The third kappa shape index (κ3) is 5.19. The molecular formula is C20H19Cl2F3N2O. The molecule has 28 heavy (non-hydrogen) atoms. The molecule has 0 spiro atoms. The number of nitrogens with zero attached hydrogens (tertiary/aromatic N) is 1. The highest BCUT2D eigenvalue weighted by Gasteiger charge is 2.30. The van der Waals surface area contributed by atoms with Crippen LogP contribution in [0.15, 0.2) is 42.5 Å². The first-order valence-corrected chi connectivity index (χ1v) is 9.63. The van der Waals surface area contributed by atoms with Crippen molar-refractivity contribution in [1.82, 2.24) is 4.90 Å². The average Bonchev–Trinajstić information content (AvgIpc) is 2.65. The van der Waals surface area contributed by atoms with Crippen molar-refractivity contribution >= 4 is 34.8 Å². The summed E-state index contributed by atoms with van der Waals surface area (Å²) in [7, 11) is 0. The molecule has 1 saturated heterocycles. The number of hydrogen-bond acceptors (Lipinski definition) is 2. The summed E-state index contributed by atoms with van der Waals surface area (Å²) < 4.78 is 37.8. The minimum atomic E-state index is -4.39. The number of halogens is 5. The van der Waals surface area contributed by atoms with Gasteiger partial charge in [0.15, 0.2) is 0 Å². The molecule has 2 aromatic rings. The quantitative estimate of drug-likeness (QED) is 0.658. The largest absolute Gasteiger partial charge is 0.416 e. The van der Waals surface area contributed by atoms with Crippen LogP contribution in [0.4, 0.5) is 18.9 Å². The first-order chi connectivity index (χ1) is 13.2. The number of nitrogens with one attached hydrogen (secondary N) is 1. The van der Waals surface area contributed by atoms with E-state index in [4.69, 9.17) is 23.2 Å². The fraction of sp³-hybridized carbons (Fsp3) is 0.350. The number of hydrogen-bond donors (Lipinski definition) is 1. The highest BCUT2D eigenvalue weighted by molar-refractivity contribution is 6.35. The Bertz CT molecular complexity index is 812. The monoisotopic (exact) mass is 430 g/mol. The van der Waals surface area contributed by atoms with Gasteiger partial charge in [-0.1, -0.05) is 29.3 Å². The van der Waals surface area contributed by atoms with Crippen LogP contribution in [0.2, 0.25) is 10.0 Å². The Morgan fingerprint density at radius 3 is 2.14 bits per heavy atom. The summed E-state index contributed by atoms with van der Waals surface area (Å²) in [5.74, 6) is -0.351. The molecule has 150 valence electrons. The Labute approximate surface area is 171 Å². The van der Waals surface area contributed by atoms with Crippen LogP contribution < -0.4 is 5.32 Å². The summed E-state index contributed by atoms with van der Waals surface area (Å²) >= 11 is 12.4. The molecule has 1 aliphatic rings. The molecule has 3 nitrogen and oxygen atoms in total. The molecule has 0 radical (unpaired) electrons. The first-order valence-electron chi connectivity index (χ1n) is 8.87. The lowest BCUT2D eigenvalue weighted by Gasteiger charge is -2.31. The number of amides is 1. The topological polar surface area (TPSA) is 32.3 Å². The van der Waals surface area contributed by atoms with Gasteiger partial charge in [0.25, 0.3) is 0 Å². The molecule has 8 heteroatoms. The maximum absolute atomic E-state index is 12.6. The van der Waals surface area contributed by atoms with E-state index in [0.29, 0.717) is 48.2 Å². The summed E-state index contributed by atoms with van der Waals surface area (Å²) in [5.41, 5.74) is 0.499. The molecule has 0 atom stereocenters. The highest BCUT2D eigenvalue weighted by atomic mass is 35.5. The second-order valence-electron chi connectivity index (χ2n) is 6.81. The van der Waals surface area contributed by atoms with Crippen molar-refractivity contribution in [3.63, 3.8) is 0 Å². The molecule has 2 aromatic carbocycles. The van der Waals surface area contributed by atoms with Crippen LogP contribution >= 0.6 is 23.2 Å². The van der Waals surface area contributed by atoms with Crippen LogP contribution in [0.3, 0.4) is 0 Å². The number of benzene rings is 2. The standard InChI is InChI=1S/C20H19Cl2F3N2O/c21-17-2-1-3-18(22)16(17)12-27-10-8-13(9-11-27)19(28)26-15-6-4-14(5-7-15)20(23,24)25/h1-7,13H,8-12H2,(H,26,28). The van der Waals surface area contributed by atoms with Crippen LogP contribution in [-0.4, -0.2) is 23.9 Å². The molecule has 0 aliphatic carbocycles. The van der Waals surface area contributed by atoms with Crippen molar-refractivity contribution in [2.75, 3.05) is 18.4 Å². The summed E-state index contributed by atoms with van der Waals surface area (Å²) in [6, 6.07) is 9.87. The summed E-state index contributed by atoms with van der Waals surface area (Å²) in [6.07, 6.45) is -3.07. The first kappa shape index (κ1) is 21.0. The molecule has 3 rings (SSSR count). The van der Waals surface area contributed by atoms with Crippen molar-refractivity contribution in [2.24, 2.45) is 5.92 Å². The van der Waals surface area contributed by atoms with Gasteiger partial charge in [-0.25, -0.2) is 0 Å². The van der Waals surface area contributed by atoms with Crippen molar-refractivity contribution in [3.05, 3.63) is 63.6 Å². The van der Waals surface area contributed by atoms with Crippen molar-refractivity contribution < 1.29 is 18.0 Å². The second kappa shape index (κ2) is 8.72. The number of piperidine rings is 1. The van der Waals surface area contributed by atoms with Crippen molar-refractivity contribution in [2.45, 2.75) is 25.6 Å². The number of alkyl halides is 3. The van der Waals surface area contributed by atoms with E-state index in [1.165, 1.54) is 12.1 Å². The van der Waals surface area contributed by atoms with E-state index in [9.17, 15) is 18.0 Å². The smallest absolute Gasteiger partial charge is 0.326 e. The average molecular weight is 431 g/mol. The van der Waals surface area contributed by atoms with Gasteiger partial charge in [-0.15, -0.1) is 0 Å². The maximum atomic E-state index is 12.6. The van der Waals surface area contributed by atoms with E-state index in [1.54, 1.807) is 18.2 Å². The molecule has 1 N–H and O–H groups in total. The van der Waals surface area contributed by atoms with Crippen LogP contribution in [0.25, 0.3) is 0 Å². The number of likely N-dealkylation sites (tertiary alicyclic amines) is 1. The van der Waals surface area contributed by atoms with E-state index < -0.39 is 11.7 Å². The number of carbonyl (C=O) groups excluding carboxylic acids is 1. The Morgan fingerprint density at radius 2 is 1.61 bits per heavy atom. The van der Waals surface area contributed by atoms with Gasteiger partial charge < -0.3 is 5.32 Å². The lowest BCUT2D eigenvalue weighted by molar-refractivity contribution is -0.137. The zero-order valence-corrected chi connectivity index (χ0v) is 16.4.